The first-order valence-corrected chi connectivity index (χ1v) is 6.28. The summed E-state index contributed by atoms with van der Waals surface area (Å²) in [5.74, 6) is 2.14. The fourth-order valence-electron chi connectivity index (χ4n) is 2.92. The van der Waals surface area contributed by atoms with Crippen LogP contribution < -0.4 is 10.6 Å². The van der Waals surface area contributed by atoms with Crippen molar-refractivity contribution in [3.63, 3.8) is 0 Å². The maximum Gasteiger partial charge on any atom is 0.00818 e. The van der Waals surface area contributed by atoms with E-state index in [9.17, 15) is 0 Å². The molecule has 1 aliphatic carbocycles. The monoisotopic (exact) mass is 196 g/mol. The number of hydrogen-bond donors (Lipinski definition) is 2. The molecule has 1 saturated carbocycles. The second-order valence-electron chi connectivity index (χ2n) is 5.02. The van der Waals surface area contributed by atoms with Crippen molar-refractivity contribution in [2.45, 2.75) is 44.6 Å². The Morgan fingerprint density at radius 1 is 1.21 bits per heavy atom. The molecule has 82 valence electrons. The van der Waals surface area contributed by atoms with E-state index < -0.39 is 0 Å². The Labute approximate surface area is 87.8 Å². The predicted octanol–water partition coefficient (Wildman–Crippen LogP) is 1.76. The second kappa shape index (κ2) is 5.13. The highest BCUT2D eigenvalue weighted by atomic mass is 14.9. The highest BCUT2D eigenvalue weighted by molar-refractivity contribution is 4.85. The van der Waals surface area contributed by atoms with Gasteiger partial charge >= 0.3 is 0 Å². The fraction of sp³-hybridized carbons (Fsp3) is 1.00. The van der Waals surface area contributed by atoms with E-state index in [4.69, 9.17) is 0 Å². The lowest BCUT2D eigenvalue weighted by molar-refractivity contribution is 0.145. The van der Waals surface area contributed by atoms with Crippen LogP contribution in [0.5, 0.6) is 0 Å². The lowest BCUT2D eigenvalue weighted by Gasteiger charge is -2.39. The van der Waals surface area contributed by atoms with Gasteiger partial charge in [0.05, 0.1) is 0 Å². The Morgan fingerprint density at radius 2 is 2.07 bits per heavy atom. The molecule has 2 unspecified atom stereocenters. The Bertz CT molecular complexity index is 166. The first-order valence-electron chi connectivity index (χ1n) is 6.28. The second-order valence-corrected chi connectivity index (χ2v) is 5.02. The zero-order valence-corrected chi connectivity index (χ0v) is 9.39. The molecule has 2 fully saturated rings. The Balaban J connectivity index is 1.72. The summed E-state index contributed by atoms with van der Waals surface area (Å²) in [5, 5.41) is 6.89. The van der Waals surface area contributed by atoms with E-state index >= 15 is 0 Å². The van der Waals surface area contributed by atoms with Gasteiger partial charge in [-0.05, 0) is 51.2 Å². The van der Waals surface area contributed by atoms with Crippen molar-refractivity contribution in [1.29, 1.82) is 0 Å². The molecular weight excluding hydrogens is 172 g/mol. The highest BCUT2D eigenvalue weighted by Gasteiger charge is 2.31. The molecule has 0 bridgehead atoms. The topological polar surface area (TPSA) is 24.1 Å². The summed E-state index contributed by atoms with van der Waals surface area (Å²) < 4.78 is 0. The standard InChI is InChI=1S/C12H24N2/c1-13-7-6-12-9-11(5-8-14-12)10-3-2-4-10/h10-14H,2-9H2,1H3. The first-order chi connectivity index (χ1) is 6.90. The molecule has 0 aromatic heterocycles. The van der Waals surface area contributed by atoms with Gasteiger partial charge in [0.2, 0.25) is 0 Å². The van der Waals surface area contributed by atoms with E-state index in [2.05, 4.69) is 10.6 Å². The lowest BCUT2D eigenvalue weighted by atomic mass is 9.71. The van der Waals surface area contributed by atoms with E-state index in [1.807, 2.05) is 7.05 Å². The minimum absolute atomic E-state index is 0.793. The van der Waals surface area contributed by atoms with Crippen LogP contribution in [0.3, 0.4) is 0 Å². The van der Waals surface area contributed by atoms with Crippen molar-refractivity contribution in [3.05, 3.63) is 0 Å². The normalized spacial score (nSPS) is 34.1. The van der Waals surface area contributed by atoms with Crippen LogP contribution in [0.25, 0.3) is 0 Å². The van der Waals surface area contributed by atoms with Crippen LogP contribution in [0.4, 0.5) is 0 Å². The van der Waals surface area contributed by atoms with Crippen LogP contribution >= 0.6 is 0 Å². The summed E-state index contributed by atoms with van der Waals surface area (Å²) in [6, 6.07) is 0.793. The van der Waals surface area contributed by atoms with Crippen molar-refractivity contribution >= 4 is 0 Å². The van der Waals surface area contributed by atoms with Gasteiger partial charge in [0.25, 0.3) is 0 Å². The SMILES string of the molecule is CNCCC1CC(C2CCC2)CCN1. The summed E-state index contributed by atoms with van der Waals surface area (Å²) in [5.41, 5.74) is 0. The molecule has 2 heteroatoms. The molecule has 2 atom stereocenters. The van der Waals surface area contributed by atoms with Crippen molar-refractivity contribution in [1.82, 2.24) is 10.6 Å². The van der Waals surface area contributed by atoms with Crippen LogP contribution in [0, 0.1) is 11.8 Å². The van der Waals surface area contributed by atoms with Gasteiger partial charge < -0.3 is 10.6 Å². The number of nitrogens with one attached hydrogen (secondary N) is 2. The summed E-state index contributed by atoms with van der Waals surface area (Å²) >= 11 is 0. The smallest absolute Gasteiger partial charge is 0.00818 e. The highest BCUT2D eigenvalue weighted by Crippen LogP contribution is 2.38. The molecule has 0 radical (unpaired) electrons. The van der Waals surface area contributed by atoms with E-state index in [1.165, 1.54) is 45.1 Å². The molecule has 0 spiro atoms. The minimum Gasteiger partial charge on any atom is -0.320 e. The van der Waals surface area contributed by atoms with Crippen molar-refractivity contribution < 1.29 is 0 Å². The molecule has 2 N–H and O–H groups in total. The van der Waals surface area contributed by atoms with E-state index in [0.717, 1.165) is 24.4 Å². The van der Waals surface area contributed by atoms with Gasteiger partial charge in [0.1, 0.15) is 0 Å². The molecule has 0 aromatic rings. The lowest BCUT2D eigenvalue weighted by Crippen LogP contribution is -2.42. The third-order valence-corrected chi connectivity index (χ3v) is 4.09. The van der Waals surface area contributed by atoms with E-state index in [1.54, 1.807) is 0 Å². The summed E-state index contributed by atoms with van der Waals surface area (Å²) in [6.07, 6.45) is 8.70. The van der Waals surface area contributed by atoms with Crippen LogP contribution in [0.1, 0.15) is 38.5 Å². The molecule has 2 nitrogen and oxygen atoms in total. The summed E-state index contributed by atoms with van der Waals surface area (Å²) in [4.78, 5) is 0. The van der Waals surface area contributed by atoms with Crippen LogP contribution in [0.15, 0.2) is 0 Å². The maximum atomic E-state index is 3.65. The number of hydrogen-bond acceptors (Lipinski definition) is 2. The van der Waals surface area contributed by atoms with Crippen LogP contribution in [-0.4, -0.2) is 26.2 Å². The van der Waals surface area contributed by atoms with Gasteiger partial charge in [0, 0.05) is 6.04 Å². The summed E-state index contributed by atoms with van der Waals surface area (Å²) in [6.45, 7) is 2.42. The third-order valence-electron chi connectivity index (χ3n) is 4.09. The van der Waals surface area contributed by atoms with Crippen molar-refractivity contribution in [3.8, 4) is 0 Å². The van der Waals surface area contributed by atoms with Crippen LogP contribution in [0.2, 0.25) is 0 Å². The first kappa shape index (κ1) is 10.4. The average molecular weight is 196 g/mol. The molecule has 1 saturated heterocycles. The Kier molecular flexibility index (Phi) is 3.82. The average Bonchev–Trinajstić information content (AvgIpc) is 2.13. The van der Waals surface area contributed by atoms with Gasteiger partial charge in [-0.15, -0.1) is 0 Å². The van der Waals surface area contributed by atoms with Gasteiger partial charge in [-0.3, -0.25) is 0 Å². The number of rotatable bonds is 4. The molecule has 0 aromatic carbocycles. The van der Waals surface area contributed by atoms with Crippen LogP contribution in [-0.2, 0) is 0 Å². The van der Waals surface area contributed by atoms with E-state index in [-0.39, 0.29) is 0 Å². The molecule has 14 heavy (non-hydrogen) atoms. The zero-order valence-electron chi connectivity index (χ0n) is 9.39. The molecule has 1 aliphatic heterocycles. The fourth-order valence-corrected chi connectivity index (χ4v) is 2.92. The molecule has 2 aliphatic rings. The predicted molar refractivity (Wildman–Crippen MR) is 60.4 cm³/mol. The van der Waals surface area contributed by atoms with E-state index in [0.29, 0.717) is 0 Å². The number of piperidine rings is 1. The maximum absolute atomic E-state index is 3.65. The molecule has 0 amide bonds. The van der Waals surface area contributed by atoms with Gasteiger partial charge in [-0.1, -0.05) is 19.3 Å². The Hall–Kier alpha value is -0.0800. The zero-order chi connectivity index (χ0) is 9.80. The van der Waals surface area contributed by atoms with Gasteiger partial charge in [0.15, 0.2) is 0 Å². The van der Waals surface area contributed by atoms with Crippen molar-refractivity contribution in [2.24, 2.45) is 11.8 Å². The summed E-state index contributed by atoms with van der Waals surface area (Å²) in [7, 11) is 2.05. The Morgan fingerprint density at radius 3 is 2.71 bits per heavy atom. The largest absolute Gasteiger partial charge is 0.320 e. The van der Waals surface area contributed by atoms with Gasteiger partial charge in [-0.25, -0.2) is 0 Å². The quantitative estimate of drug-likeness (QED) is 0.716. The molecule has 2 rings (SSSR count). The minimum atomic E-state index is 0.793. The third kappa shape index (κ3) is 2.48. The van der Waals surface area contributed by atoms with Gasteiger partial charge in [-0.2, -0.15) is 0 Å². The molecular formula is C12H24N2. The van der Waals surface area contributed by atoms with Crippen molar-refractivity contribution in [2.75, 3.05) is 20.1 Å². The molecule has 1 heterocycles.